The maximum Gasteiger partial charge on any atom is 0.119 e. The number of benzene rings is 1. The molecule has 0 spiro atoms. The lowest BCUT2D eigenvalue weighted by molar-refractivity contribution is 0.201. The van der Waals surface area contributed by atoms with Crippen LogP contribution in [0.4, 0.5) is 0 Å². The Kier molecular flexibility index (Phi) is 3.11. The molecule has 2 heteroatoms. The van der Waals surface area contributed by atoms with E-state index in [1.807, 2.05) is 26.0 Å². The highest BCUT2D eigenvalue weighted by molar-refractivity contribution is 5.32. The van der Waals surface area contributed by atoms with Crippen LogP contribution in [0.3, 0.4) is 0 Å². The zero-order valence-corrected chi connectivity index (χ0v) is 7.50. The second kappa shape index (κ2) is 4.12. The van der Waals surface area contributed by atoms with Crippen LogP contribution < -0.4 is 4.74 Å². The van der Waals surface area contributed by atoms with Gasteiger partial charge in [-0.05, 0) is 37.1 Å². The molecule has 2 nitrogen and oxygen atoms in total. The van der Waals surface area contributed by atoms with Gasteiger partial charge in [0, 0.05) is 0 Å². The highest BCUT2D eigenvalue weighted by Gasteiger charge is 1.95. The van der Waals surface area contributed by atoms with Gasteiger partial charge in [0.15, 0.2) is 0 Å². The molecule has 1 rings (SSSR count). The summed E-state index contributed by atoms with van der Waals surface area (Å²) in [6.45, 7) is 4.48. The number of rotatable bonds is 3. The SMILES string of the molecule is Cc1cc(C)cc(OCCO)c1. The Morgan fingerprint density at radius 3 is 2.25 bits per heavy atom. The van der Waals surface area contributed by atoms with Crippen molar-refractivity contribution in [3.05, 3.63) is 29.3 Å². The molecule has 0 atom stereocenters. The van der Waals surface area contributed by atoms with Gasteiger partial charge in [-0.25, -0.2) is 0 Å². The molecule has 12 heavy (non-hydrogen) atoms. The minimum absolute atomic E-state index is 0.0625. The van der Waals surface area contributed by atoms with Crippen molar-refractivity contribution in [2.24, 2.45) is 0 Å². The number of hydrogen-bond donors (Lipinski definition) is 1. The van der Waals surface area contributed by atoms with Gasteiger partial charge >= 0.3 is 0 Å². The van der Waals surface area contributed by atoms with Gasteiger partial charge in [0.1, 0.15) is 12.4 Å². The molecule has 0 fully saturated rings. The molecule has 0 radical (unpaired) electrons. The van der Waals surface area contributed by atoms with Gasteiger partial charge in [-0.15, -0.1) is 0 Å². The molecule has 1 aromatic rings. The molecule has 1 N–H and O–H groups in total. The molecule has 0 amide bonds. The van der Waals surface area contributed by atoms with Gasteiger partial charge < -0.3 is 9.84 Å². The smallest absolute Gasteiger partial charge is 0.119 e. The molecule has 0 bridgehead atoms. The van der Waals surface area contributed by atoms with Crippen LogP contribution >= 0.6 is 0 Å². The van der Waals surface area contributed by atoms with E-state index >= 15 is 0 Å². The van der Waals surface area contributed by atoms with Crippen LogP contribution in [0.5, 0.6) is 5.75 Å². The second-order valence-electron chi connectivity index (χ2n) is 2.90. The first-order valence-electron chi connectivity index (χ1n) is 4.04. The average Bonchev–Trinajstić information content (AvgIpc) is 1.99. The molecule has 0 aliphatic heterocycles. The first-order chi connectivity index (χ1) is 5.72. The number of aliphatic hydroxyl groups is 1. The molecular formula is C10H14O2. The first kappa shape index (κ1) is 9.07. The quantitative estimate of drug-likeness (QED) is 0.740. The highest BCUT2D eigenvalue weighted by Crippen LogP contribution is 2.15. The van der Waals surface area contributed by atoms with Crippen LogP contribution in [0.15, 0.2) is 18.2 Å². The molecule has 0 aromatic heterocycles. The van der Waals surface area contributed by atoms with E-state index in [0.717, 1.165) is 5.75 Å². The summed E-state index contributed by atoms with van der Waals surface area (Å²) in [6.07, 6.45) is 0. The Hall–Kier alpha value is -1.02. The van der Waals surface area contributed by atoms with Crippen LogP contribution in [-0.4, -0.2) is 18.3 Å². The topological polar surface area (TPSA) is 29.5 Å². The van der Waals surface area contributed by atoms with Gasteiger partial charge in [-0.1, -0.05) is 6.07 Å². The summed E-state index contributed by atoms with van der Waals surface area (Å²) in [4.78, 5) is 0. The Labute approximate surface area is 72.8 Å². The van der Waals surface area contributed by atoms with E-state index in [0.29, 0.717) is 6.61 Å². The van der Waals surface area contributed by atoms with Crippen molar-refractivity contribution in [3.8, 4) is 5.75 Å². The fraction of sp³-hybridized carbons (Fsp3) is 0.400. The van der Waals surface area contributed by atoms with Crippen LogP contribution in [0, 0.1) is 13.8 Å². The third-order valence-corrected chi connectivity index (χ3v) is 1.56. The summed E-state index contributed by atoms with van der Waals surface area (Å²) in [5.41, 5.74) is 2.37. The van der Waals surface area contributed by atoms with E-state index in [1.54, 1.807) is 0 Å². The van der Waals surface area contributed by atoms with Gasteiger partial charge in [0.2, 0.25) is 0 Å². The number of aliphatic hydroxyl groups excluding tert-OH is 1. The van der Waals surface area contributed by atoms with E-state index < -0.39 is 0 Å². The normalized spacial score (nSPS) is 9.92. The first-order valence-corrected chi connectivity index (χ1v) is 4.04. The molecule has 0 aliphatic rings. The van der Waals surface area contributed by atoms with Gasteiger partial charge in [-0.3, -0.25) is 0 Å². The van der Waals surface area contributed by atoms with E-state index in [9.17, 15) is 0 Å². The van der Waals surface area contributed by atoms with Gasteiger partial charge in [-0.2, -0.15) is 0 Å². The highest BCUT2D eigenvalue weighted by atomic mass is 16.5. The lowest BCUT2D eigenvalue weighted by Crippen LogP contribution is -2.01. The second-order valence-corrected chi connectivity index (χ2v) is 2.90. The summed E-state index contributed by atoms with van der Waals surface area (Å²) < 4.78 is 5.27. The summed E-state index contributed by atoms with van der Waals surface area (Å²) >= 11 is 0. The third-order valence-electron chi connectivity index (χ3n) is 1.56. The monoisotopic (exact) mass is 166 g/mol. The van der Waals surface area contributed by atoms with Gasteiger partial charge in [0.25, 0.3) is 0 Å². The van der Waals surface area contributed by atoms with Crippen LogP contribution in [0.1, 0.15) is 11.1 Å². The van der Waals surface area contributed by atoms with Crippen molar-refractivity contribution >= 4 is 0 Å². The van der Waals surface area contributed by atoms with Gasteiger partial charge in [0.05, 0.1) is 6.61 Å². The Morgan fingerprint density at radius 1 is 1.17 bits per heavy atom. The van der Waals surface area contributed by atoms with Crippen molar-refractivity contribution in [2.75, 3.05) is 13.2 Å². The average molecular weight is 166 g/mol. The van der Waals surface area contributed by atoms with Crippen molar-refractivity contribution in [1.29, 1.82) is 0 Å². The summed E-state index contributed by atoms with van der Waals surface area (Å²) in [6, 6.07) is 6.01. The Morgan fingerprint density at radius 2 is 1.75 bits per heavy atom. The van der Waals surface area contributed by atoms with E-state index in [4.69, 9.17) is 9.84 Å². The third kappa shape index (κ3) is 2.55. The minimum atomic E-state index is 0.0625. The molecular weight excluding hydrogens is 152 g/mol. The lowest BCUT2D eigenvalue weighted by Gasteiger charge is -2.05. The number of hydrogen-bond acceptors (Lipinski definition) is 2. The van der Waals surface area contributed by atoms with E-state index in [1.165, 1.54) is 11.1 Å². The largest absolute Gasteiger partial charge is 0.491 e. The lowest BCUT2D eigenvalue weighted by atomic mass is 10.1. The van der Waals surface area contributed by atoms with Crippen LogP contribution in [-0.2, 0) is 0 Å². The molecule has 0 saturated carbocycles. The number of aryl methyl sites for hydroxylation is 2. The minimum Gasteiger partial charge on any atom is -0.491 e. The van der Waals surface area contributed by atoms with Crippen molar-refractivity contribution < 1.29 is 9.84 Å². The molecule has 0 heterocycles. The molecule has 66 valence electrons. The number of ether oxygens (including phenoxy) is 1. The Balaban J connectivity index is 2.72. The summed E-state index contributed by atoms with van der Waals surface area (Å²) in [5, 5.41) is 8.54. The maximum atomic E-state index is 8.54. The summed E-state index contributed by atoms with van der Waals surface area (Å²) in [5.74, 6) is 0.835. The van der Waals surface area contributed by atoms with Crippen molar-refractivity contribution in [2.45, 2.75) is 13.8 Å². The van der Waals surface area contributed by atoms with E-state index in [-0.39, 0.29) is 6.61 Å². The van der Waals surface area contributed by atoms with Crippen LogP contribution in [0.25, 0.3) is 0 Å². The maximum absolute atomic E-state index is 8.54. The fourth-order valence-electron chi connectivity index (χ4n) is 1.18. The summed E-state index contributed by atoms with van der Waals surface area (Å²) in [7, 11) is 0. The fourth-order valence-corrected chi connectivity index (χ4v) is 1.18. The zero-order chi connectivity index (χ0) is 8.97. The standard InChI is InChI=1S/C10H14O2/c1-8-5-9(2)7-10(6-8)12-4-3-11/h5-7,11H,3-4H2,1-2H3. The molecule has 0 aliphatic carbocycles. The van der Waals surface area contributed by atoms with E-state index in [2.05, 4.69) is 6.07 Å². The Bertz CT molecular complexity index is 236. The predicted molar refractivity (Wildman–Crippen MR) is 48.5 cm³/mol. The molecule has 0 saturated heterocycles. The van der Waals surface area contributed by atoms with Crippen LogP contribution in [0.2, 0.25) is 0 Å². The zero-order valence-electron chi connectivity index (χ0n) is 7.50. The molecule has 0 unspecified atom stereocenters. The molecule has 1 aromatic carbocycles. The van der Waals surface area contributed by atoms with Crippen molar-refractivity contribution in [3.63, 3.8) is 0 Å². The van der Waals surface area contributed by atoms with Crippen molar-refractivity contribution in [1.82, 2.24) is 0 Å². The predicted octanol–water partition coefficient (Wildman–Crippen LogP) is 1.67.